The van der Waals surface area contributed by atoms with Gasteiger partial charge in [0.15, 0.2) is 0 Å². The van der Waals surface area contributed by atoms with Crippen LogP contribution in [0.1, 0.15) is 37.6 Å². The van der Waals surface area contributed by atoms with Crippen molar-refractivity contribution in [2.45, 2.75) is 39.0 Å². The van der Waals surface area contributed by atoms with Gasteiger partial charge in [0.2, 0.25) is 10.0 Å². The van der Waals surface area contributed by atoms with Gasteiger partial charge in [-0.3, -0.25) is 14.9 Å². The molecule has 0 saturated heterocycles. The molecule has 0 radical (unpaired) electrons. The molecule has 1 aromatic heterocycles. The minimum absolute atomic E-state index is 0.203. The van der Waals surface area contributed by atoms with Crippen LogP contribution in [-0.2, 0) is 16.4 Å². The highest BCUT2D eigenvalue weighted by Gasteiger charge is 2.21. The summed E-state index contributed by atoms with van der Waals surface area (Å²) in [6, 6.07) is 14.1. The second kappa shape index (κ2) is 9.45. The zero-order valence-corrected chi connectivity index (χ0v) is 19.1. The van der Waals surface area contributed by atoms with Crippen LogP contribution in [0.2, 0.25) is 0 Å². The lowest BCUT2D eigenvalue weighted by Gasteiger charge is -2.18. The van der Waals surface area contributed by atoms with Gasteiger partial charge in [0.05, 0.1) is 21.8 Å². The molecule has 8 heteroatoms. The van der Waals surface area contributed by atoms with Crippen molar-refractivity contribution < 1.29 is 8.42 Å². The minimum atomic E-state index is -3.54. The summed E-state index contributed by atoms with van der Waals surface area (Å²) in [4.78, 5) is 17.7. The molecule has 0 atom stereocenters. The molecule has 0 bridgehead atoms. The summed E-state index contributed by atoms with van der Waals surface area (Å²) in [6.45, 7) is 8.29. The number of hydrogen-bond acceptors (Lipinski definition) is 4. The third-order valence-corrected chi connectivity index (χ3v) is 7.32. The Morgan fingerprint density at radius 1 is 1.03 bits per heavy atom. The summed E-state index contributed by atoms with van der Waals surface area (Å²) >= 11 is 0. The Labute approximate surface area is 183 Å². The van der Waals surface area contributed by atoms with Crippen LogP contribution in [0.15, 0.2) is 63.2 Å². The second-order valence-electron chi connectivity index (χ2n) is 7.11. The van der Waals surface area contributed by atoms with Gasteiger partial charge >= 0.3 is 0 Å². The Morgan fingerprint density at radius 2 is 1.68 bits per heavy atom. The molecule has 7 nitrogen and oxygen atoms in total. The Balaban J connectivity index is 1.94. The lowest BCUT2D eigenvalue weighted by molar-refractivity contribution is 0.445. The van der Waals surface area contributed by atoms with Crippen molar-refractivity contribution in [1.82, 2.24) is 14.1 Å². The summed E-state index contributed by atoms with van der Waals surface area (Å²) in [5, 5.41) is 3.05. The molecule has 0 aliphatic carbocycles. The summed E-state index contributed by atoms with van der Waals surface area (Å²) in [7, 11) is -3.54. The zero-order valence-electron chi connectivity index (χ0n) is 18.3. The van der Waals surface area contributed by atoms with Crippen LogP contribution in [0, 0.1) is 6.92 Å². The maximum Gasteiger partial charge on any atom is 0.280 e. The third kappa shape index (κ3) is 4.55. The molecule has 31 heavy (non-hydrogen) atoms. The van der Waals surface area contributed by atoms with Crippen molar-refractivity contribution >= 4 is 21.9 Å². The third-order valence-electron chi connectivity index (χ3n) is 5.26. The van der Waals surface area contributed by atoms with E-state index in [1.165, 1.54) is 21.1 Å². The van der Waals surface area contributed by atoms with Gasteiger partial charge in [0.1, 0.15) is 0 Å². The molecule has 0 saturated carbocycles. The summed E-state index contributed by atoms with van der Waals surface area (Å²) in [5.41, 5.74) is 3.41. The molecule has 0 unspecified atom stereocenters. The predicted octanol–water partition coefficient (Wildman–Crippen LogP) is 3.82. The number of aromatic amines is 1. The molecule has 0 aliphatic heterocycles. The highest BCUT2D eigenvalue weighted by atomic mass is 32.2. The van der Waals surface area contributed by atoms with Crippen LogP contribution in [0.4, 0.5) is 5.69 Å². The second-order valence-corrected chi connectivity index (χ2v) is 9.05. The molecule has 0 aliphatic rings. The molecule has 0 spiro atoms. The number of sulfonamides is 1. The van der Waals surface area contributed by atoms with Crippen molar-refractivity contribution in [3.8, 4) is 5.69 Å². The first-order chi connectivity index (χ1) is 14.8. The van der Waals surface area contributed by atoms with Gasteiger partial charge < -0.3 is 0 Å². The maximum absolute atomic E-state index is 13.0. The van der Waals surface area contributed by atoms with Gasteiger partial charge in [-0.15, -0.1) is 0 Å². The van der Waals surface area contributed by atoms with Gasteiger partial charge in [-0.05, 0) is 49.2 Å². The van der Waals surface area contributed by atoms with E-state index in [9.17, 15) is 13.2 Å². The fourth-order valence-corrected chi connectivity index (χ4v) is 4.90. The lowest BCUT2D eigenvalue weighted by atomic mass is 10.1. The number of para-hydroxylation sites is 1. The zero-order chi connectivity index (χ0) is 22.6. The number of nitrogens with zero attached hydrogens (tertiary/aromatic N) is 3. The standard InChI is InChI=1S/C23H28N4O3S/c1-5-18-10-8-9-11-22(18)24-16-21-17(4)25-27(23(21)28)19-12-14-20(15-13-19)31(29,30)26(6-2)7-3/h8-16,25H,5-7H2,1-4H3. The normalized spacial score (nSPS) is 12.2. The first kappa shape index (κ1) is 22.7. The van der Waals surface area contributed by atoms with Crippen LogP contribution in [-0.4, -0.2) is 41.8 Å². The number of benzene rings is 2. The summed E-state index contributed by atoms with van der Waals surface area (Å²) in [5.74, 6) is 0. The number of aryl methyl sites for hydroxylation is 2. The van der Waals surface area contributed by atoms with Crippen LogP contribution < -0.4 is 5.56 Å². The van der Waals surface area contributed by atoms with Crippen LogP contribution >= 0.6 is 0 Å². The Hall–Kier alpha value is -2.97. The van der Waals surface area contributed by atoms with Crippen molar-refractivity contribution in [1.29, 1.82) is 0 Å². The number of aliphatic imine (C=N–C) groups is 1. The van der Waals surface area contributed by atoms with E-state index in [2.05, 4.69) is 17.0 Å². The minimum Gasteiger partial charge on any atom is -0.295 e. The van der Waals surface area contributed by atoms with Gasteiger partial charge in [-0.2, -0.15) is 4.31 Å². The smallest absolute Gasteiger partial charge is 0.280 e. The fraction of sp³-hybridized carbons (Fsp3) is 0.304. The van der Waals surface area contributed by atoms with Gasteiger partial charge in [-0.25, -0.2) is 13.1 Å². The fourth-order valence-electron chi connectivity index (χ4n) is 3.44. The monoisotopic (exact) mass is 440 g/mol. The molecule has 1 N–H and O–H groups in total. The molecule has 0 amide bonds. The van der Waals surface area contributed by atoms with E-state index in [-0.39, 0.29) is 10.5 Å². The molecular weight excluding hydrogens is 412 g/mol. The first-order valence-corrected chi connectivity index (χ1v) is 11.8. The highest BCUT2D eigenvalue weighted by molar-refractivity contribution is 7.89. The molecule has 1 heterocycles. The molecular formula is C23H28N4O3S. The van der Waals surface area contributed by atoms with E-state index in [0.717, 1.165) is 17.7 Å². The number of H-pyrrole nitrogens is 1. The summed E-state index contributed by atoms with van der Waals surface area (Å²) in [6.07, 6.45) is 2.44. The van der Waals surface area contributed by atoms with E-state index >= 15 is 0 Å². The van der Waals surface area contributed by atoms with Crippen LogP contribution in [0.3, 0.4) is 0 Å². The van der Waals surface area contributed by atoms with E-state index < -0.39 is 10.0 Å². The van der Waals surface area contributed by atoms with Gasteiger partial charge in [0.25, 0.3) is 5.56 Å². The van der Waals surface area contributed by atoms with E-state index in [1.807, 2.05) is 31.2 Å². The number of aromatic nitrogens is 2. The van der Waals surface area contributed by atoms with Crippen molar-refractivity contribution in [3.63, 3.8) is 0 Å². The number of hydrogen-bond donors (Lipinski definition) is 1. The molecule has 3 rings (SSSR count). The van der Waals surface area contributed by atoms with Gasteiger partial charge in [0, 0.05) is 25.0 Å². The largest absolute Gasteiger partial charge is 0.295 e. The summed E-state index contributed by atoms with van der Waals surface area (Å²) < 4.78 is 28.1. The topological polar surface area (TPSA) is 87.5 Å². The molecule has 0 fully saturated rings. The van der Waals surface area contributed by atoms with Crippen LogP contribution in [0.5, 0.6) is 0 Å². The predicted molar refractivity (Wildman–Crippen MR) is 124 cm³/mol. The highest BCUT2D eigenvalue weighted by Crippen LogP contribution is 2.20. The van der Waals surface area contributed by atoms with Gasteiger partial charge in [-0.1, -0.05) is 39.0 Å². The van der Waals surface area contributed by atoms with E-state index in [4.69, 9.17) is 0 Å². The first-order valence-electron chi connectivity index (χ1n) is 10.4. The Kier molecular flexibility index (Phi) is 6.92. The number of rotatable bonds is 8. The molecule has 164 valence electrons. The Morgan fingerprint density at radius 3 is 2.29 bits per heavy atom. The van der Waals surface area contributed by atoms with E-state index in [1.54, 1.807) is 32.2 Å². The van der Waals surface area contributed by atoms with Crippen molar-refractivity contribution in [2.75, 3.05) is 13.1 Å². The molecule has 2 aromatic carbocycles. The quantitative estimate of drug-likeness (QED) is 0.540. The molecule has 3 aromatic rings. The maximum atomic E-state index is 13.0. The van der Waals surface area contributed by atoms with Crippen molar-refractivity contribution in [2.24, 2.45) is 4.99 Å². The average Bonchev–Trinajstić information content (AvgIpc) is 3.06. The van der Waals surface area contributed by atoms with Crippen molar-refractivity contribution in [3.05, 3.63) is 75.7 Å². The number of nitrogens with one attached hydrogen (secondary N) is 1. The van der Waals surface area contributed by atoms with E-state index in [0.29, 0.717) is 30.0 Å². The Bertz CT molecular complexity index is 1230. The SMILES string of the molecule is CCc1ccccc1N=Cc1c(C)[nH]n(-c2ccc(S(=O)(=O)N(CC)CC)cc2)c1=O. The van der Waals surface area contributed by atoms with Crippen LogP contribution in [0.25, 0.3) is 5.69 Å². The average molecular weight is 441 g/mol. The lowest BCUT2D eigenvalue weighted by Crippen LogP contribution is -2.30.